The Bertz CT molecular complexity index is 478. The van der Waals surface area contributed by atoms with E-state index in [9.17, 15) is 12.8 Å². The average molecular weight is 326 g/mol. The van der Waals surface area contributed by atoms with E-state index in [0.717, 1.165) is 0 Å². The molecule has 0 heterocycles. The molecule has 0 radical (unpaired) electrons. The lowest BCUT2D eigenvalue weighted by Gasteiger charge is -2.09. The molecule has 0 aromatic heterocycles. The second-order valence-electron chi connectivity index (χ2n) is 3.39. The molecule has 0 aliphatic rings. The number of rotatable bonds is 6. The molecule has 1 N–H and O–H groups in total. The Hall–Kier alpha value is -0.660. The zero-order valence-corrected chi connectivity index (χ0v) is 11.6. The van der Waals surface area contributed by atoms with Gasteiger partial charge in [-0.15, -0.1) is 0 Å². The van der Waals surface area contributed by atoms with Crippen LogP contribution < -0.4 is 4.72 Å². The third-order valence-corrected chi connectivity index (χ3v) is 3.97. The van der Waals surface area contributed by atoms with E-state index in [1.165, 1.54) is 25.3 Å². The van der Waals surface area contributed by atoms with Crippen molar-refractivity contribution in [2.75, 3.05) is 24.2 Å². The summed E-state index contributed by atoms with van der Waals surface area (Å²) in [7, 11) is -1.91. The van der Waals surface area contributed by atoms with Crippen LogP contribution in [0.15, 0.2) is 22.7 Å². The molecule has 7 heteroatoms. The highest BCUT2D eigenvalue weighted by atomic mass is 79.9. The lowest BCUT2D eigenvalue weighted by molar-refractivity contribution is 0.199. The zero-order valence-electron chi connectivity index (χ0n) is 9.24. The molecule has 1 aromatic carbocycles. The van der Waals surface area contributed by atoms with Crippen LogP contribution in [0.2, 0.25) is 0 Å². The van der Waals surface area contributed by atoms with Crippen molar-refractivity contribution in [2.45, 2.75) is 6.42 Å². The van der Waals surface area contributed by atoms with E-state index in [4.69, 9.17) is 4.74 Å². The molecule has 0 unspecified atom stereocenters. The standard InChI is InChI=1S/C10H13BrFNO3S/c1-16-5-2-6-17(14,15)13-10-4-3-8(12)7-9(10)11/h3-4,7,13H,2,5-6H2,1H3. The summed E-state index contributed by atoms with van der Waals surface area (Å²) in [6, 6.07) is 3.76. The molecule has 0 bridgehead atoms. The van der Waals surface area contributed by atoms with Crippen molar-refractivity contribution in [3.8, 4) is 0 Å². The van der Waals surface area contributed by atoms with E-state index < -0.39 is 15.8 Å². The minimum atomic E-state index is -3.42. The fourth-order valence-electron chi connectivity index (χ4n) is 1.18. The first-order chi connectivity index (χ1) is 7.94. The van der Waals surface area contributed by atoms with Gasteiger partial charge in [0.25, 0.3) is 0 Å². The predicted octanol–water partition coefficient (Wildman–Crippen LogP) is 2.37. The molecule has 0 aliphatic heterocycles. The maximum absolute atomic E-state index is 12.8. The highest BCUT2D eigenvalue weighted by molar-refractivity contribution is 9.10. The van der Waals surface area contributed by atoms with Crippen molar-refractivity contribution in [3.05, 3.63) is 28.5 Å². The summed E-state index contributed by atoms with van der Waals surface area (Å²) in [4.78, 5) is 0. The van der Waals surface area contributed by atoms with Gasteiger partial charge in [-0.3, -0.25) is 4.72 Å². The van der Waals surface area contributed by atoms with Crippen molar-refractivity contribution < 1.29 is 17.5 Å². The van der Waals surface area contributed by atoms with Crippen molar-refractivity contribution >= 4 is 31.6 Å². The number of benzene rings is 1. The quantitative estimate of drug-likeness (QED) is 0.817. The molecule has 0 aliphatic carbocycles. The van der Waals surface area contributed by atoms with Gasteiger partial charge in [-0.05, 0) is 40.5 Å². The number of methoxy groups -OCH3 is 1. The highest BCUT2D eigenvalue weighted by Crippen LogP contribution is 2.24. The fraction of sp³-hybridized carbons (Fsp3) is 0.400. The zero-order chi connectivity index (χ0) is 12.9. The van der Waals surface area contributed by atoms with Crippen LogP contribution in [0.4, 0.5) is 10.1 Å². The molecule has 96 valence electrons. The van der Waals surface area contributed by atoms with Gasteiger partial charge in [-0.2, -0.15) is 0 Å². The number of sulfonamides is 1. The number of anilines is 1. The molecule has 0 fully saturated rings. The molecule has 0 atom stereocenters. The van der Waals surface area contributed by atoms with Crippen LogP contribution in [0.25, 0.3) is 0 Å². The second-order valence-corrected chi connectivity index (χ2v) is 6.09. The van der Waals surface area contributed by atoms with Crippen LogP contribution >= 0.6 is 15.9 Å². The maximum Gasteiger partial charge on any atom is 0.232 e. The van der Waals surface area contributed by atoms with Gasteiger partial charge in [0.05, 0.1) is 11.4 Å². The van der Waals surface area contributed by atoms with Gasteiger partial charge in [0.2, 0.25) is 10.0 Å². The second kappa shape index (κ2) is 6.32. The number of hydrogen-bond donors (Lipinski definition) is 1. The van der Waals surface area contributed by atoms with Crippen molar-refractivity contribution in [1.29, 1.82) is 0 Å². The van der Waals surface area contributed by atoms with Crippen LogP contribution in [0, 0.1) is 5.82 Å². The van der Waals surface area contributed by atoms with E-state index in [1.54, 1.807) is 0 Å². The van der Waals surface area contributed by atoms with E-state index in [0.29, 0.717) is 23.2 Å². The SMILES string of the molecule is COCCCS(=O)(=O)Nc1ccc(F)cc1Br. The minimum Gasteiger partial charge on any atom is -0.385 e. The molecule has 0 amide bonds. The number of ether oxygens (including phenoxy) is 1. The van der Waals surface area contributed by atoms with Crippen LogP contribution in [0.3, 0.4) is 0 Å². The molecule has 1 rings (SSSR count). The van der Waals surface area contributed by atoms with Crippen LogP contribution in [-0.4, -0.2) is 27.9 Å². The molecule has 0 saturated carbocycles. The number of hydrogen-bond acceptors (Lipinski definition) is 3. The smallest absolute Gasteiger partial charge is 0.232 e. The van der Waals surface area contributed by atoms with E-state index in [-0.39, 0.29) is 5.75 Å². The Kier molecular flexibility index (Phi) is 5.35. The molecular formula is C10H13BrFNO3S. The lowest BCUT2D eigenvalue weighted by Crippen LogP contribution is -2.18. The summed E-state index contributed by atoms with van der Waals surface area (Å²) in [5.74, 6) is -0.468. The van der Waals surface area contributed by atoms with Crippen LogP contribution in [-0.2, 0) is 14.8 Å². The van der Waals surface area contributed by atoms with Gasteiger partial charge in [0, 0.05) is 18.2 Å². The van der Waals surface area contributed by atoms with Crippen molar-refractivity contribution in [1.82, 2.24) is 0 Å². The van der Waals surface area contributed by atoms with Crippen molar-refractivity contribution in [2.24, 2.45) is 0 Å². The van der Waals surface area contributed by atoms with Crippen LogP contribution in [0.1, 0.15) is 6.42 Å². The fourth-order valence-corrected chi connectivity index (χ4v) is 2.88. The topological polar surface area (TPSA) is 55.4 Å². The largest absolute Gasteiger partial charge is 0.385 e. The summed E-state index contributed by atoms with van der Waals surface area (Å²) >= 11 is 3.09. The van der Waals surface area contributed by atoms with Crippen LogP contribution in [0.5, 0.6) is 0 Å². The van der Waals surface area contributed by atoms with Gasteiger partial charge in [0.1, 0.15) is 5.82 Å². The normalized spacial score (nSPS) is 11.5. The first-order valence-electron chi connectivity index (χ1n) is 4.89. The summed E-state index contributed by atoms with van der Waals surface area (Å²) in [5, 5.41) is 0. The first-order valence-corrected chi connectivity index (χ1v) is 7.33. The Labute approximate surface area is 108 Å². The molecular weight excluding hydrogens is 313 g/mol. The Balaban J connectivity index is 2.69. The van der Waals surface area contributed by atoms with E-state index in [1.807, 2.05) is 0 Å². The minimum absolute atomic E-state index is 0.0370. The van der Waals surface area contributed by atoms with Gasteiger partial charge in [-0.25, -0.2) is 12.8 Å². The van der Waals surface area contributed by atoms with E-state index in [2.05, 4.69) is 20.7 Å². The van der Waals surface area contributed by atoms with Gasteiger partial charge >= 0.3 is 0 Å². The first kappa shape index (κ1) is 14.4. The summed E-state index contributed by atoms with van der Waals surface area (Å²) < 4.78 is 43.6. The molecule has 1 aromatic rings. The van der Waals surface area contributed by atoms with E-state index >= 15 is 0 Å². The summed E-state index contributed by atoms with van der Waals surface area (Å²) in [6.45, 7) is 0.380. The number of halogens is 2. The maximum atomic E-state index is 12.8. The average Bonchev–Trinajstić information content (AvgIpc) is 2.22. The van der Waals surface area contributed by atoms with Crippen molar-refractivity contribution in [3.63, 3.8) is 0 Å². The Morgan fingerprint density at radius 3 is 2.76 bits per heavy atom. The molecule has 17 heavy (non-hydrogen) atoms. The van der Waals surface area contributed by atoms with Gasteiger partial charge < -0.3 is 4.74 Å². The van der Waals surface area contributed by atoms with Gasteiger partial charge in [0.15, 0.2) is 0 Å². The monoisotopic (exact) mass is 325 g/mol. The predicted molar refractivity (Wildman–Crippen MR) is 68.0 cm³/mol. The molecule has 0 saturated heterocycles. The van der Waals surface area contributed by atoms with Gasteiger partial charge in [-0.1, -0.05) is 0 Å². The Morgan fingerprint density at radius 2 is 2.18 bits per heavy atom. The highest BCUT2D eigenvalue weighted by Gasteiger charge is 2.12. The third-order valence-electron chi connectivity index (χ3n) is 1.96. The lowest BCUT2D eigenvalue weighted by atomic mass is 10.3. The summed E-state index contributed by atoms with van der Waals surface area (Å²) in [6.07, 6.45) is 0.407. The number of nitrogens with one attached hydrogen (secondary N) is 1. The Morgan fingerprint density at radius 1 is 1.47 bits per heavy atom. The molecule has 4 nitrogen and oxygen atoms in total. The summed E-state index contributed by atoms with van der Waals surface area (Å²) in [5.41, 5.74) is 0.323. The third kappa shape index (κ3) is 5.01. The molecule has 0 spiro atoms.